The van der Waals surface area contributed by atoms with Gasteiger partial charge in [0.15, 0.2) is 0 Å². The molecule has 0 atom stereocenters. The number of morpholine rings is 1. The number of nitrogens with zero attached hydrogens (tertiary/aromatic N) is 3. The number of ether oxygens (including phenoxy) is 1. The van der Waals surface area contributed by atoms with Crippen molar-refractivity contribution < 1.29 is 17.9 Å². The molecule has 138 valence electrons. The second-order valence-corrected chi connectivity index (χ2v) is 8.53. The zero-order valence-corrected chi connectivity index (χ0v) is 15.4. The van der Waals surface area contributed by atoms with E-state index in [0.29, 0.717) is 50.5 Å². The van der Waals surface area contributed by atoms with E-state index in [1.54, 1.807) is 33.5 Å². The second kappa shape index (κ2) is 7.82. The monoisotopic (exact) mass is 367 g/mol. The fourth-order valence-corrected chi connectivity index (χ4v) is 4.58. The van der Waals surface area contributed by atoms with E-state index in [-0.39, 0.29) is 11.7 Å². The molecule has 0 unspecified atom stereocenters. The maximum atomic E-state index is 12.5. The summed E-state index contributed by atoms with van der Waals surface area (Å²) in [5.41, 5.74) is 1.29. The largest absolute Gasteiger partial charge is 0.378 e. The molecule has 1 aromatic carbocycles. The zero-order valence-electron chi connectivity index (χ0n) is 14.6. The van der Waals surface area contributed by atoms with Gasteiger partial charge in [0.2, 0.25) is 10.0 Å². The smallest absolute Gasteiger partial charge is 0.254 e. The van der Waals surface area contributed by atoms with E-state index < -0.39 is 10.0 Å². The Morgan fingerprint density at radius 1 is 1.00 bits per heavy atom. The van der Waals surface area contributed by atoms with Gasteiger partial charge < -0.3 is 14.5 Å². The lowest BCUT2D eigenvalue weighted by Crippen LogP contribution is -2.47. The second-order valence-electron chi connectivity index (χ2n) is 6.56. The van der Waals surface area contributed by atoms with Crippen molar-refractivity contribution in [3.05, 3.63) is 35.4 Å². The van der Waals surface area contributed by atoms with Gasteiger partial charge in [0.25, 0.3) is 5.91 Å². The van der Waals surface area contributed by atoms with E-state index in [4.69, 9.17) is 4.74 Å². The number of likely N-dealkylation sites (N-methyl/N-ethyl adjacent to an activating group) is 1. The van der Waals surface area contributed by atoms with Crippen LogP contribution in [0.25, 0.3) is 0 Å². The number of hydrogen-bond donors (Lipinski definition) is 0. The summed E-state index contributed by atoms with van der Waals surface area (Å²) in [6, 6.07) is 6.90. The van der Waals surface area contributed by atoms with Gasteiger partial charge in [-0.25, -0.2) is 8.42 Å². The van der Waals surface area contributed by atoms with Gasteiger partial charge in [-0.05, 0) is 24.7 Å². The number of hydrogen-bond acceptors (Lipinski definition) is 5. The van der Waals surface area contributed by atoms with Crippen LogP contribution < -0.4 is 0 Å². The molecule has 3 rings (SSSR count). The van der Waals surface area contributed by atoms with Crippen molar-refractivity contribution in [2.24, 2.45) is 0 Å². The fourth-order valence-electron chi connectivity index (χ4n) is 3.06. The molecule has 0 saturated carbocycles. The van der Waals surface area contributed by atoms with E-state index in [0.717, 1.165) is 13.1 Å². The Kier molecular flexibility index (Phi) is 5.73. The topological polar surface area (TPSA) is 70.2 Å². The van der Waals surface area contributed by atoms with Gasteiger partial charge >= 0.3 is 0 Å². The van der Waals surface area contributed by atoms with E-state index in [1.807, 2.05) is 7.05 Å². The van der Waals surface area contributed by atoms with Crippen LogP contribution in [-0.2, 0) is 20.5 Å². The number of rotatable bonds is 4. The van der Waals surface area contributed by atoms with E-state index in [9.17, 15) is 13.2 Å². The minimum absolute atomic E-state index is 0.0251. The van der Waals surface area contributed by atoms with Crippen LogP contribution in [0.4, 0.5) is 0 Å². The highest BCUT2D eigenvalue weighted by atomic mass is 32.2. The first-order valence-corrected chi connectivity index (χ1v) is 10.2. The predicted octanol–water partition coefficient (Wildman–Crippen LogP) is 0.236. The molecule has 0 aliphatic carbocycles. The molecule has 2 saturated heterocycles. The van der Waals surface area contributed by atoms with Crippen LogP contribution in [0.15, 0.2) is 24.3 Å². The quantitative estimate of drug-likeness (QED) is 0.762. The van der Waals surface area contributed by atoms with Gasteiger partial charge in [-0.3, -0.25) is 4.79 Å². The van der Waals surface area contributed by atoms with Crippen LogP contribution in [0.2, 0.25) is 0 Å². The number of benzene rings is 1. The molecule has 0 N–H and O–H groups in total. The Bertz CT molecular complexity index is 691. The third-order valence-electron chi connectivity index (χ3n) is 4.70. The summed E-state index contributed by atoms with van der Waals surface area (Å²) < 4.78 is 31.9. The third-order valence-corrected chi connectivity index (χ3v) is 6.55. The first-order chi connectivity index (χ1) is 12.0. The Hall–Kier alpha value is -1.48. The molecule has 8 heteroatoms. The van der Waals surface area contributed by atoms with Crippen LogP contribution in [0.3, 0.4) is 0 Å². The van der Waals surface area contributed by atoms with Crippen molar-refractivity contribution in [3.63, 3.8) is 0 Å². The fraction of sp³-hybridized carbons (Fsp3) is 0.588. The molecule has 0 bridgehead atoms. The van der Waals surface area contributed by atoms with Crippen molar-refractivity contribution in [1.29, 1.82) is 0 Å². The molecule has 7 nitrogen and oxygen atoms in total. The zero-order chi connectivity index (χ0) is 17.9. The summed E-state index contributed by atoms with van der Waals surface area (Å²) in [6.07, 6.45) is 0. The molecular weight excluding hydrogens is 342 g/mol. The average Bonchev–Trinajstić information content (AvgIpc) is 2.62. The van der Waals surface area contributed by atoms with Gasteiger partial charge in [-0.2, -0.15) is 4.31 Å². The van der Waals surface area contributed by atoms with Gasteiger partial charge in [-0.15, -0.1) is 0 Å². The summed E-state index contributed by atoms with van der Waals surface area (Å²) in [7, 11) is -1.32. The predicted molar refractivity (Wildman–Crippen MR) is 94.9 cm³/mol. The van der Waals surface area contributed by atoms with E-state index >= 15 is 0 Å². The Morgan fingerprint density at radius 2 is 1.60 bits per heavy atom. The molecule has 0 aromatic heterocycles. The Labute approximate surface area is 149 Å². The molecule has 2 fully saturated rings. The van der Waals surface area contributed by atoms with Crippen molar-refractivity contribution in [2.75, 3.05) is 59.5 Å². The molecule has 1 aromatic rings. The summed E-state index contributed by atoms with van der Waals surface area (Å²) in [5, 5.41) is 0. The molecule has 2 aliphatic rings. The molecule has 2 aliphatic heterocycles. The lowest BCUT2D eigenvalue weighted by atomic mass is 10.1. The van der Waals surface area contributed by atoms with E-state index in [1.165, 1.54) is 0 Å². The third kappa shape index (κ3) is 4.58. The van der Waals surface area contributed by atoms with Crippen molar-refractivity contribution >= 4 is 15.9 Å². The normalized spacial score (nSPS) is 20.6. The highest BCUT2D eigenvalue weighted by molar-refractivity contribution is 7.88. The maximum absolute atomic E-state index is 12.5. The summed E-state index contributed by atoms with van der Waals surface area (Å²) in [4.78, 5) is 16.3. The minimum Gasteiger partial charge on any atom is -0.378 e. The first kappa shape index (κ1) is 18.3. The first-order valence-electron chi connectivity index (χ1n) is 8.58. The van der Waals surface area contributed by atoms with Crippen molar-refractivity contribution in [1.82, 2.24) is 14.1 Å². The number of piperazine rings is 1. The summed E-state index contributed by atoms with van der Waals surface area (Å²) >= 11 is 0. The van der Waals surface area contributed by atoms with Crippen LogP contribution >= 0.6 is 0 Å². The lowest BCUT2D eigenvalue weighted by molar-refractivity contribution is 0.0303. The lowest BCUT2D eigenvalue weighted by Gasteiger charge is -2.31. The SMILES string of the molecule is CN1CCN(S(=O)(=O)Cc2ccc(C(=O)N3CCOCC3)cc2)CC1. The minimum atomic E-state index is -3.32. The highest BCUT2D eigenvalue weighted by Crippen LogP contribution is 2.15. The number of carbonyl (C=O) groups excluding carboxylic acids is 1. The van der Waals surface area contributed by atoms with Gasteiger partial charge in [0.05, 0.1) is 19.0 Å². The number of carbonyl (C=O) groups is 1. The number of sulfonamides is 1. The maximum Gasteiger partial charge on any atom is 0.254 e. The van der Waals surface area contributed by atoms with Crippen LogP contribution in [0.5, 0.6) is 0 Å². The molecule has 0 spiro atoms. The van der Waals surface area contributed by atoms with Crippen LogP contribution in [0.1, 0.15) is 15.9 Å². The van der Waals surface area contributed by atoms with E-state index in [2.05, 4.69) is 4.90 Å². The molecule has 1 amide bonds. The number of amides is 1. The molecule has 25 heavy (non-hydrogen) atoms. The highest BCUT2D eigenvalue weighted by Gasteiger charge is 2.26. The molecule has 2 heterocycles. The standard InChI is InChI=1S/C17H25N3O4S/c1-18-6-8-20(9-7-18)25(22,23)14-15-2-4-16(5-3-15)17(21)19-10-12-24-13-11-19/h2-5H,6-14H2,1H3. The summed E-state index contributed by atoms with van der Waals surface area (Å²) in [5.74, 6) is -0.0558. The van der Waals surface area contributed by atoms with Gasteiger partial charge in [-0.1, -0.05) is 12.1 Å². The van der Waals surface area contributed by atoms with Crippen molar-refractivity contribution in [2.45, 2.75) is 5.75 Å². The van der Waals surface area contributed by atoms with Crippen LogP contribution in [0, 0.1) is 0 Å². The van der Waals surface area contributed by atoms with Crippen molar-refractivity contribution in [3.8, 4) is 0 Å². The Balaban J connectivity index is 1.63. The van der Waals surface area contributed by atoms with Crippen LogP contribution in [-0.4, -0.2) is 88.0 Å². The molecule has 0 radical (unpaired) electrons. The molecular formula is C17H25N3O4S. The summed E-state index contributed by atoms with van der Waals surface area (Å²) in [6.45, 7) is 4.90. The van der Waals surface area contributed by atoms with Gasteiger partial charge in [0, 0.05) is 44.8 Å². The average molecular weight is 367 g/mol. The van der Waals surface area contributed by atoms with Gasteiger partial charge in [0.1, 0.15) is 0 Å². The Morgan fingerprint density at radius 3 is 2.20 bits per heavy atom.